The molecule has 2 aromatic heterocycles. The Bertz CT molecular complexity index is 562. The van der Waals surface area contributed by atoms with Crippen LogP contribution in [0, 0.1) is 5.92 Å². The van der Waals surface area contributed by atoms with Crippen LogP contribution >= 0.6 is 0 Å². The summed E-state index contributed by atoms with van der Waals surface area (Å²) in [5.41, 5.74) is 7.21. The van der Waals surface area contributed by atoms with Crippen LogP contribution in [0.25, 0.3) is 11.2 Å². The summed E-state index contributed by atoms with van der Waals surface area (Å²) in [6.07, 6.45) is 8.51. The Kier molecular flexibility index (Phi) is 4.11. The van der Waals surface area contributed by atoms with E-state index in [0.29, 0.717) is 11.5 Å². The largest absolute Gasteiger partial charge is 0.382 e. The zero-order chi connectivity index (χ0) is 13.8. The van der Waals surface area contributed by atoms with E-state index in [-0.39, 0.29) is 0 Å². The summed E-state index contributed by atoms with van der Waals surface area (Å²) in [6, 6.07) is 0. The molecular formula is C14H21N5O. The molecule has 0 spiro atoms. The van der Waals surface area contributed by atoms with Gasteiger partial charge in [0.2, 0.25) is 0 Å². The summed E-state index contributed by atoms with van der Waals surface area (Å²) >= 11 is 0. The molecule has 1 aliphatic rings. The standard InChI is InChI=1S/C14H21N5O/c15-13-12-14(17-9-16-13)19-11(18-12)4-2-1-3-10-5-7-20-8-6-10/h9-10H,1-8H2,(H3,15,16,17,18,19). The fourth-order valence-corrected chi connectivity index (χ4v) is 2.77. The number of aryl methyl sites for hydroxylation is 1. The van der Waals surface area contributed by atoms with Crippen LogP contribution in [-0.2, 0) is 11.2 Å². The molecule has 0 bridgehead atoms. The van der Waals surface area contributed by atoms with E-state index < -0.39 is 0 Å². The maximum Gasteiger partial charge on any atom is 0.183 e. The average Bonchev–Trinajstić information content (AvgIpc) is 2.89. The molecule has 1 aliphatic heterocycles. The normalized spacial score (nSPS) is 16.8. The molecule has 0 aliphatic carbocycles. The van der Waals surface area contributed by atoms with Gasteiger partial charge >= 0.3 is 0 Å². The first-order valence-electron chi connectivity index (χ1n) is 7.36. The second-order valence-corrected chi connectivity index (χ2v) is 5.44. The number of nitrogens with one attached hydrogen (secondary N) is 1. The zero-order valence-electron chi connectivity index (χ0n) is 11.6. The van der Waals surface area contributed by atoms with Crippen LogP contribution in [0.4, 0.5) is 5.82 Å². The lowest BCUT2D eigenvalue weighted by Crippen LogP contribution is -2.15. The van der Waals surface area contributed by atoms with Crippen molar-refractivity contribution in [3.63, 3.8) is 0 Å². The Labute approximate surface area is 118 Å². The smallest absolute Gasteiger partial charge is 0.183 e. The quantitative estimate of drug-likeness (QED) is 0.815. The van der Waals surface area contributed by atoms with E-state index in [0.717, 1.165) is 43.3 Å². The maximum atomic E-state index is 5.79. The number of nitrogens with two attached hydrogens (primary N) is 1. The summed E-state index contributed by atoms with van der Waals surface area (Å²) in [5.74, 6) is 2.27. The molecule has 0 saturated carbocycles. The number of aromatic amines is 1. The number of rotatable bonds is 5. The van der Waals surface area contributed by atoms with Crippen molar-refractivity contribution in [2.75, 3.05) is 18.9 Å². The van der Waals surface area contributed by atoms with E-state index in [2.05, 4.69) is 19.9 Å². The van der Waals surface area contributed by atoms with Crippen molar-refractivity contribution in [1.29, 1.82) is 0 Å². The average molecular weight is 275 g/mol. The van der Waals surface area contributed by atoms with Gasteiger partial charge in [0.15, 0.2) is 11.5 Å². The number of imidazole rings is 1. The summed E-state index contributed by atoms with van der Waals surface area (Å²) in [5, 5.41) is 0. The maximum absolute atomic E-state index is 5.79. The van der Waals surface area contributed by atoms with Crippen LogP contribution in [0.3, 0.4) is 0 Å². The van der Waals surface area contributed by atoms with Gasteiger partial charge in [-0.25, -0.2) is 15.0 Å². The highest BCUT2D eigenvalue weighted by molar-refractivity contribution is 5.80. The minimum absolute atomic E-state index is 0.468. The molecule has 1 fully saturated rings. The Balaban J connectivity index is 1.48. The molecule has 3 rings (SSSR count). The Morgan fingerprint density at radius 2 is 2.10 bits per heavy atom. The Morgan fingerprint density at radius 3 is 2.90 bits per heavy atom. The molecule has 0 unspecified atom stereocenters. The second kappa shape index (κ2) is 6.17. The number of nitrogens with zero attached hydrogens (tertiary/aromatic N) is 3. The predicted octanol–water partition coefficient (Wildman–Crippen LogP) is 2.07. The van der Waals surface area contributed by atoms with Gasteiger partial charge in [-0.05, 0) is 25.2 Å². The lowest BCUT2D eigenvalue weighted by Gasteiger charge is -2.21. The molecule has 0 aromatic carbocycles. The van der Waals surface area contributed by atoms with E-state index in [9.17, 15) is 0 Å². The third-order valence-electron chi connectivity index (χ3n) is 3.98. The molecule has 108 valence electrons. The van der Waals surface area contributed by atoms with E-state index in [1.807, 2.05) is 0 Å². The highest BCUT2D eigenvalue weighted by Crippen LogP contribution is 2.21. The lowest BCUT2D eigenvalue weighted by atomic mass is 9.94. The van der Waals surface area contributed by atoms with Crippen molar-refractivity contribution < 1.29 is 4.74 Å². The first-order valence-corrected chi connectivity index (χ1v) is 7.36. The number of anilines is 1. The summed E-state index contributed by atoms with van der Waals surface area (Å²) < 4.78 is 5.38. The van der Waals surface area contributed by atoms with Gasteiger partial charge in [-0.1, -0.05) is 12.8 Å². The van der Waals surface area contributed by atoms with Crippen molar-refractivity contribution in [2.45, 2.75) is 38.5 Å². The van der Waals surface area contributed by atoms with Crippen molar-refractivity contribution >= 4 is 17.0 Å². The monoisotopic (exact) mass is 275 g/mol. The number of ether oxygens (including phenoxy) is 1. The number of hydrogen-bond donors (Lipinski definition) is 2. The number of H-pyrrole nitrogens is 1. The van der Waals surface area contributed by atoms with E-state index in [4.69, 9.17) is 10.5 Å². The molecule has 3 N–H and O–H groups in total. The molecule has 6 nitrogen and oxygen atoms in total. The van der Waals surface area contributed by atoms with Crippen LogP contribution in [0.2, 0.25) is 0 Å². The van der Waals surface area contributed by atoms with Gasteiger partial charge in [-0.2, -0.15) is 0 Å². The zero-order valence-corrected chi connectivity index (χ0v) is 11.6. The highest BCUT2D eigenvalue weighted by atomic mass is 16.5. The number of fused-ring (bicyclic) bond motifs is 1. The second-order valence-electron chi connectivity index (χ2n) is 5.44. The van der Waals surface area contributed by atoms with Crippen LogP contribution < -0.4 is 5.73 Å². The molecule has 0 atom stereocenters. The van der Waals surface area contributed by atoms with Crippen molar-refractivity contribution in [1.82, 2.24) is 19.9 Å². The van der Waals surface area contributed by atoms with Gasteiger partial charge < -0.3 is 15.5 Å². The minimum Gasteiger partial charge on any atom is -0.382 e. The summed E-state index contributed by atoms with van der Waals surface area (Å²) in [4.78, 5) is 15.8. The SMILES string of the molecule is Nc1ncnc2nc(CCCCC3CCOCC3)[nH]c12. The van der Waals surface area contributed by atoms with Crippen molar-refractivity contribution in [3.8, 4) is 0 Å². The molecule has 2 aromatic rings. The molecule has 0 radical (unpaired) electrons. The van der Waals surface area contributed by atoms with Gasteiger partial charge in [-0.3, -0.25) is 0 Å². The van der Waals surface area contributed by atoms with Crippen LogP contribution in [0.5, 0.6) is 0 Å². The van der Waals surface area contributed by atoms with Gasteiger partial charge in [0.25, 0.3) is 0 Å². The van der Waals surface area contributed by atoms with Gasteiger partial charge in [0.1, 0.15) is 17.7 Å². The Morgan fingerprint density at radius 1 is 1.25 bits per heavy atom. The van der Waals surface area contributed by atoms with E-state index >= 15 is 0 Å². The van der Waals surface area contributed by atoms with E-state index in [1.165, 1.54) is 32.0 Å². The number of nitrogen functional groups attached to an aromatic ring is 1. The first-order chi connectivity index (χ1) is 9.83. The van der Waals surface area contributed by atoms with Gasteiger partial charge in [0.05, 0.1) is 0 Å². The molecule has 6 heteroatoms. The highest BCUT2D eigenvalue weighted by Gasteiger charge is 2.13. The van der Waals surface area contributed by atoms with Crippen molar-refractivity contribution in [2.24, 2.45) is 5.92 Å². The number of hydrogen-bond acceptors (Lipinski definition) is 5. The molecule has 1 saturated heterocycles. The molecule has 0 amide bonds. The van der Waals surface area contributed by atoms with Crippen LogP contribution in [0.15, 0.2) is 6.33 Å². The first kappa shape index (κ1) is 13.3. The third-order valence-corrected chi connectivity index (χ3v) is 3.98. The third kappa shape index (κ3) is 3.07. The molecule has 20 heavy (non-hydrogen) atoms. The molecule has 3 heterocycles. The lowest BCUT2D eigenvalue weighted by molar-refractivity contribution is 0.0631. The predicted molar refractivity (Wildman–Crippen MR) is 77.2 cm³/mol. The molecular weight excluding hydrogens is 254 g/mol. The Hall–Kier alpha value is -1.69. The van der Waals surface area contributed by atoms with E-state index in [1.54, 1.807) is 0 Å². The summed E-state index contributed by atoms with van der Waals surface area (Å²) in [7, 11) is 0. The number of unbranched alkanes of at least 4 members (excludes halogenated alkanes) is 1. The minimum atomic E-state index is 0.468. The fraction of sp³-hybridized carbons (Fsp3) is 0.643. The van der Waals surface area contributed by atoms with Gasteiger partial charge in [0, 0.05) is 19.6 Å². The topological polar surface area (TPSA) is 89.7 Å². The summed E-state index contributed by atoms with van der Waals surface area (Å²) in [6.45, 7) is 1.87. The van der Waals surface area contributed by atoms with Crippen LogP contribution in [-0.4, -0.2) is 33.1 Å². The van der Waals surface area contributed by atoms with Crippen molar-refractivity contribution in [3.05, 3.63) is 12.2 Å². The van der Waals surface area contributed by atoms with Crippen LogP contribution in [0.1, 0.15) is 37.9 Å². The number of aromatic nitrogens is 4. The fourth-order valence-electron chi connectivity index (χ4n) is 2.77. The van der Waals surface area contributed by atoms with Gasteiger partial charge in [-0.15, -0.1) is 0 Å².